The third-order valence-corrected chi connectivity index (χ3v) is 2.82. The quantitative estimate of drug-likeness (QED) is 0.751. The largest absolute Gasteiger partial charge is 0.372 e. The van der Waals surface area contributed by atoms with Crippen molar-refractivity contribution in [2.75, 3.05) is 20.2 Å². The van der Waals surface area contributed by atoms with E-state index >= 15 is 0 Å². The first-order valence-corrected chi connectivity index (χ1v) is 4.89. The Morgan fingerprint density at radius 2 is 2.21 bits per heavy atom. The number of ether oxygens (including phenoxy) is 1. The minimum absolute atomic E-state index is 0.223. The number of nitrogens with one attached hydrogen (secondary N) is 1. The zero-order valence-corrected chi connectivity index (χ0v) is 8.36. The molecule has 1 N–H and O–H groups in total. The molecule has 0 aromatic carbocycles. The Hall–Kier alpha value is -1.00. The molecule has 1 atom stereocenters. The maximum atomic E-state index is 5.62. The van der Waals surface area contributed by atoms with E-state index in [0.717, 1.165) is 31.5 Å². The molecule has 4 heteroatoms. The normalized spacial score (nSPS) is 27.5. The van der Waals surface area contributed by atoms with Crippen molar-refractivity contribution in [1.29, 1.82) is 0 Å². The van der Waals surface area contributed by atoms with Crippen molar-refractivity contribution in [3.05, 3.63) is 24.3 Å². The highest BCUT2D eigenvalue weighted by atomic mass is 16.5. The molecule has 1 unspecified atom stereocenters. The van der Waals surface area contributed by atoms with Gasteiger partial charge in [-0.1, -0.05) is 0 Å². The molecule has 1 aromatic heterocycles. The van der Waals surface area contributed by atoms with Gasteiger partial charge in [-0.05, 0) is 19.4 Å². The molecule has 0 radical (unpaired) electrons. The SMILES string of the molecule is COC1(c2cncnc2)CCCNC1. The fourth-order valence-corrected chi connectivity index (χ4v) is 1.95. The van der Waals surface area contributed by atoms with Gasteiger partial charge in [0.25, 0.3) is 0 Å². The number of aromatic nitrogens is 2. The summed E-state index contributed by atoms with van der Waals surface area (Å²) in [4.78, 5) is 8.07. The second kappa shape index (κ2) is 4.02. The monoisotopic (exact) mass is 193 g/mol. The van der Waals surface area contributed by atoms with Crippen molar-refractivity contribution in [3.8, 4) is 0 Å². The molecule has 4 nitrogen and oxygen atoms in total. The first kappa shape index (κ1) is 9.55. The Labute approximate surface area is 83.7 Å². The predicted molar refractivity (Wildman–Crippen MR) is 52.8 cm³/mol. The first-order valence-electron chi connectivity index (χ1n) is 4.89. The lowest BCUT2D eigenvalue weighted by Crippen LogP contribution is -2.44. The van der Waals surface area contributed by atoms with Crippen LogP contribution in [-0.4, -0.2) is 30.2 Å². The van der Waals surface area contributed by atoms with E-state index in [9.17, 15) is 0 Å². The van der Waals surface area contributed by atoms with Gasteiger partial charge in [-0.3, -0.25) is 0 Å². The molecule has 2 heterocycles. The van der Waals surface area contributed by atoms with Crippen LogP contribution in [0.15, 0.2) is 18.7 Å². The van der Waals surface area contributed by atoms with Crippen LogP contribution in [0.1, 0.15) is 18.4 Å². The van der Waals surface area contributed by atoms with Crippen LogP contribution in [0.2, 0.25) is 0 Å². The van der Waals surface area contributed by atoms with E-state index in [2.05, 4.69) is 15.3 Å². The number of methoxy groups -OCH3 is 1. The Balaban J connectivity index is 2.27. The van der Waals surface area contributed by atoms with Crippen LogP contribution in [0.25, 0.3) is 0 Å². The standard InChI is InChI=1S/C10H15N3O/c1-14-10(3-2-4-11-7-10)9-5-12-8-13-6-9/h5-6,8,11H,2-4,7H2,1H3. The average molecular weight is 193 g/mol. The topological polar surface area (TPSA) is 47.0 Å². The summed E-state index contributed by atoms with van der Waals surface area (Å²) in [6.07, 6.45) is 7.38. The highest BCUT2D eigenvalue weighted by Gasteiger charge is 2.34. The van der Waals surface area contributed by atoms with Gasteiger partial charge in [-0.15, -0.1) is 0 Å². The average Bonchev–Trinajstić information content (AvgIpc) is 2.31. The lowest BCUT2D eigenvalue weighted by molar-refractivity contribution is -0.0338. The molecule has 0 spiro atoms. The highest BCUT2D eigenvalue weighted by molar-refractivity contribution is 5.16. The fourth-order valence-electron chi connectivity index (χ4n) is 1.95. The maximum Gasteiger partial charge on any atom is 0.115 e. The summed E-state index contributed by atoms with van der Waals surface area (Å²) in [5, 5.41) is 3.34. The zero-order valence-electron chi connectivity index (χ0n) is 8.36. The van der Waals surface area contributed by atoms with E-state index in [1.165, 1.54) is 0 Å². The number of rotatable bonds is 2. The van der Waals surface area contributed by atoms with Crippen LogP contribution in [0.3, 0.4) is 0 Å². The van der Waals surface area contributed by atoms with E-state index in [-0.39, 0.29) is 5.60 Å². The van der Waals surface area contributed by atoms with Crippen molar-refractivity contribution in [2.24, 2.45) is 0 Å². The Kier molecular flexibility index (Phi) is 2.74. The van der Waals surface area contributed by atoms with E-state index in [1.54, 1.807) is 13.4 Å². The second-order valence-corrected chi connectivity index (χ2v) is 3.61. The first-order chi connectivity index (χ1) is 6.87. The molecule has 14 heavy (non-hydrogen) atoms. The fraction of sp³-hybridized carbons (Fsp3) is 0.600. The molecule has 1 aromatic rings. The van der Waals surface area contributed by atoms with Crippen molar-refractivity contribution >= 4 is 0 Å². The summed E-state index contributed by atoms with van der Waals surface area (Å²) in [5.74, 6) is 0. The van der Waals surface area contributed by atoms with E-state index in [0.29, 0.717) is 0 Å². The third kappa shape index (κ3) is 1.63. The van der Waals surface area contributed by atoms with E-state index < -0.39 is 0 Å². The molecule has 0 aliphatic carbocycles. The molecule has 1 fully saturated rings. The number of hydrogen-bond donors (Lipinski definition) is 1. The Morgan fingerprint density at radius 1 is 1.43 bits per heavy atom. The molecule has 1 saturated heterocycles. The maximum absolute atomic E-state index is 5.62. The van der Waals surface area contributed by atoms with Crippen LogP contribution in [-0.2, 0) is 10.3 Å². The van der Waals surface area contributed by atoms with Gasteiger partial charge >= 0.3 is 0 Å². The molecule has 76 valence electrons. The van der Waals surface area contributed by atoms with Gasteiger partial charge in [0.1, 0.15) is 11.9 Å². The molecule has 1 aliphatic heterocycles. The van der Waals surface area contributed by atoms with Crippen LogP contribution in [0.4, 0.5) is 0 Å². The minimum Gasteiger partial charge on any atom is -0.372 e. The van der Waals surface area contributed by atoms with Gasteiger partial charge in [0.15, 0.2) is 0 Å². The molecular formula is C10H15N3O. The van der Waals surface area contributed by atoms with Crippen molar-refractivity contribution in [3.63, 3.8) is 0 Å². The van der Waals surface area contributed by atoms with Crippen molar-refractivity contribution < 1.29 is 4.74 Å². The summed E-state index contributed by atoms with van der Waals surface area (Å²) in [6.45, 7) is 1.91. The molecule has 0 bridgehead atoms. The van der Waals surface area contributed by atoms with Crippen LogP contribution in [0.5, 0.6) is 0 Å². The zero-order chi connectivity index (χ0) is 9.86. The summed E-state index contributed by atoms with van der Waals surface area (Å²) in [7, 11) is 1.75. The predicted octanol–water partition coefficient (Wildman–Crippen LogP) is 0.702. The molecule has 1 aliphatic rings. The van der Waals surface area contributed by atoms with Crippen molar-refractivity contribution in [1.82, 2.24) is 15.3 Å². The van der Waals surface area contributed by atoms with Gasteiger partial charge in [-0.2, -0.15) is 0 Å². The van der Waals surface area contributed by atoms with E-state index in [1.807, 2.05) is 12.4 Å². The van der Waals surface area contributed by atoms with E-state index in [4.69, 9.17) is 4.74 Å². The van der Waals surface area contributed by atoms with Crippen LogP contribution in [0, 0.1) is 0 Å². The third-order valence-electron chi connectivity index (χ3n) is 2.82. The van der Waals surface area contributed by atoms with Gasteiger partial charge < -0.3 is 10.1 Å². The molecule has 0 amide bonds. The molecule has 2 rings (SSSR count). The smallest absolute Gasteiger partial charge is 0.115 e. The Bertz CT molecular complexity index is 283. The molecular weight excluding hydrogens is 178 g/mol. The number of piperidine rings is 1. The van der Waals surface area contributed by atoms with Crippen LogP contribution < -0.4 is 5.32 Å². The number of nitrogens with zero attached hydrogens (tertiary/aromatic N) is 2. The summed E-state index contributed by atoms with van der Waals surface area (Å²) < 4.78 is 5.62. The summed E-state index contributed by atoms with van der Waals surface area (Å²) in [5.41, 5.74) is 0.842. The highest BCUT2D eigenvalue weighted by Crippen LogP contribution is 2.30. The summed E-state index contributed by atoms with van der Waals surface area (Å²) >= 11 is 0. The molecule has 0 saturated carbocycles. The van der Waals surface area contributed by atoms with Crippen molar-refractivity contribution in [2.45, 2.75) is 18.4 Å². The second-order valence-electron chi connectivity index (χ2n) is 3.61. The van der Waals surface area contributed by atoms with Gasteiger partial charge in [0, 0.05) is 31.6 Å². The van der Waals surface area contributed by atoms with Gasteiger partial charge in [0.2, 0.25) is 0 Å². The summed E-state index contributed by atoms with van der Waals surface area (Å²) in [6, 6.07) is 0. The lowest BCUT2D eigenvalue weighted by atomic mass is 9.88. The lowest BCUT2D eigenvalue weighted by Gasteiger charge is -2.36. The van der Waals surface area contributed by atoms with Gasteiger partial charge in [0.05, 0.1) is 0 Å². The Morgan fingerprint density at radius 3 is 2.79 bits per heavy atom. The van der Waals surface area contributed by atoms with Crippen LogP contribution >= 0.6 is 0 Å². The van der Waals surface area contributed by atoms with Gasteiger partial charge in [-0.25, -0.2) is 9.97 Å². The minimum atomic E-state index is -0.223. The number of hydrogen-bond acceptors (Lipinski definition) is 4.